The van der Waals surface area contributed by atoms with Crippen molar-refractivity contribution in [1.82, 2.24) is 15.5 Å². The van der Waals surface area contributed by atoms with Gasteiger partial charge in [0.05, 0.1) is 5.69 Å². The zero-order valence-corrected chi connectivity index (χ0v) is 9.60. The summed E-state index contributed by atoms with van der Waals surface area (Å²) in [7, 11) is 0. The van der Waals surface area contributed by atoms with Gasteiger partial charge >= 0.3 is 0 Å². The summed E-state index contributed by atoms with van der Waals surface area (Å²) in [5, 5.41) is 10.1. The van der Waals surface area contributed by atoms with E-state index in [1.807, 2.05) is 18.4 Å². The van der Waals surface area contributed by atoms with E-state index in [9.17, 15) is 0 Å². The lowest BCUT2D eigenvalue weighted by atomic mass is 10.3. The summed E-state index contributed by atoms with van der Waals surface area (Å²) in [5.41, 5.74) is 1.75. The van der Waals surface area contributed by atoms with E-state index >= 15 is 0 Å². The highest BCUT2D eigenvalue weighted by molar-refractivity contribution is 7.09. The van der Waals surface area contributed by atoms with Gasteiger partial charge in [0.15, 0.2) is 5.76 Å². The van der Waals surface area contributed by atoms with Gasteiger partial charge in [-0.25, -0.2) is 4.98 Å². The maximum Gasteiger partial charge on any atom is 0.186 e. The van der Waals surface area contributed by atoms with Crippen LogP contribution in [0.5, 0.6) is 0 Å². The monoisotopic (exact) mass is 223 g/mol. The Hall–Kier alpha value is -1.20. The Balaban J connectivity index is 2.13. The van der Waals surface area contributed by atoms with E-state index in [-0.39, 0.29) is 0 Å². The standard InChI is InChI=1S/C10H13N3OS/c1-3-11-5-10-12-8(6-15-10)9-4-7(2)13-14-9/h4,6,11H,3,5H2,1-2H3. The Morgan fingerprint density at radius 1 is 1.53 bits per heavy atom. The second-order valence-electron chi connectivity index (χ2n) is 3.24. The zero-order chi connectivity index (χ0) is 10.7. The number of rotatable bonds is 4. The number of aryl methyl sites for hydroxylation is 1. The number of aromatic nitrogens is 2. The van der Waals surface area contributed by atoms with Crippen molar-refractivity contribution in [1.29, 1.82) is 0 Å². The second kappa shape index (κ2) is 4.55. The molecule has 0 aliphatic rings. The Morgan fingerprint density at radius 2 is 2.40 bits per heavy atom. The molecule has 15 heavy (non-hydrogen) atoms. The van der Waals surface area contributed by atoms with E-state index in [0.717, 1.165) is 35.2 Å². The molecule has 0 atom stereocenters. The molecule has 0 aliphatic carbocycles. The van der Waals surface area contributed by atoms with Gasteiger partial charge in [0.25, 0.3) is 0 Å². The molecule has 0 unspecified atom stereocenters. The third-order valence-corrected chi connectivity index (χ3v) is 2.81. The van der Waals surface area contributed by atoms with Crippen LogP contribution in [0.4, 0.5) is 0 Å². The van der Waals surface area contributed by atoms with Crippen LogP contribution in [0.2, 0.25) is 0 Å². The molecule has 1 N–H and O–H groups in total. The fourth-order valence-electron chi connectivity index (χ4n) is 1.22. The smallest absolute Gasteiger partial charge is 0.186 e. The number of nitrogens with zero attached hydrogens (tertiary/aromatic N) is 2. The van der Waals surface area contributed by atoms with E-state index in [1.165, 1.54) is 0 Å². The number of hydrogen-bond acceptors (Lipinski definition) is 5. The van der Waals surface area contributed by atoms with Crippen LogP contribution >= 0.6 is 11.3 Å². The van der Waals surface area contributed by atoms with Crippen LogP contribution in [0.1, 0.15) is 17.6 Å². The third-order valence-electron chi connectivity index (χ3n) is 1.96. The van der Waals surface area contributed by atoms with Crippen LogP contribution < -0.4 is 5.32 Å². The first kappa shape index (κ1) is 10.3. The maximum atomic E-state index is 5.14. The van der Waals surface area contributed by atoms with Gasteiger partial charge in [-0.15, -0.1) is 11.3 Å². The van der Waals surface area contributed by atoms with Crippen LogP contribution in [0, 0.1) is 6.92 Å². The molecule has 0 saturated carbocycles. The van der Waals surface area contributed by atoms with Crippen LogP contribution in [-0.4, -0.2) is 16.7 Å². The number of hydrogen-bond donors (Lipinski definition) is 1. The Bertz CT molecular complexity index is 435. The summed E-state index contributed by atoms with van der Waals surface area (Å²) >= 11 is 1.63. The molecule has 2 rings (SSSR count). The first-order valence-electron chi connectivity index (χ1n) is 4.88. The molecule has 0 aliphatic heterocycles. The van der Waals surface area contributed by atoms with Crippen LogP contribution in [0.25, 0.3) is 11.5 Å². The predicted molar refractivity (Wildman–Crippen MR) is 59.7 cm³/mol. The van der Waals surface area contributed by atoms with Gasteiger partial charge in [-0.1, -0.05) is 12.1 Å². The Labute approximate surface area is 92.3 Å². The summed E-state index contributed by atoms with van der Waals surface area (Å²) in [4.78, 5) is 4.45. The van der Waals surface area contributed by atoms with Crippen LogP contribution in [0.15, 0.2) is 16.0 Å². The molecule has 0 spiro atoms. The third kappa shape index (κ3) is 2.43. The SMILES string of the molecule is CCNCc1nc(-c2cc(C)no2)cs1. The average Bonchev–Trinajstić information content (AvgIpc) is 2.83. The molecule has 4 nitrogen and oxygen atoms in total. The van der Waals surface area contributed by atoms with Crippen LogP contribution in [-0.2, 0) is 6.54 Å². The molecule has 2 aromatic heterocycles. The van der Waals surface area contributed by atoms with Crippen molar-refractivity contribution in [2.24, 2.45) is 0 Å². The molecule has 2 heterocycles. The first-order valence-corrected chi connectivity index (χ1v) is 5.76. The molecule has 5 heteroatoms. The lowest BCUT2D eigenvalue weighted by Crippen LogP contribution is -2.11. The fraction of sp³-hybridized carbons (Fsp3) is 0.400. The molecule has 2 aromatic rings. The Morgan fingerprint density at radius 3 is 3.07 bits per heavy atom. The van der Waals surface area contributed by atoms with E-state index in [0.29, 0.717) is 0 Å². The van der Waals surface area contributed by atoms with Gasteiger partial charge in [-0.3, -0.25) is 0 Å². The number of nitrogens with one attached hydrogen (secondary N) is 1. The maximum absolute atomic E-state index is 5.14. The van der Waals surface area contributed by atoms with Crippen molar-refractivity contribution < 1.29 is 4.52 Å². The topological polar surface area (TPSA) is 51.0 Å². The van der Waals surface area contributed by atoms with E-state index in [4.69, 9.17) is 4.52 Å². The average molecular weight is 223 g/mol. The molecule has 0 bridgehead atoms. The summed E-state index contributed by atoms with van der Waals surface area (Å²) in [6, 6.07) is 1.89. The van der Waals surface area contributed by atoms with Crippen molar-refractivity contribution in [3.05, 3.63) is 22.1 Å². The molecule has 0 amide bonds. The normalized spacial score (nSPS) is 10.8. The molecule has 0 radical (unpaired) electrons. The molecule has 0 fully saturated rings. The molecular formula is C10H13N3OS. The van der Waals surface area contributed by atoms with Gasteiger partial charge in [0.2, 0.25) is 0 Å². The molecule has 0 saturated heterocycles. The molecular weight excluding hydrogens is 210 g/mol. The van der Waals surface area contributed by atoms with E-state index in [1.54, 1.807) is 11.3 Å². The van der Waals surface area contributed by atoms with Gasteiger partial charge in [-0.05, 0) is 13.5 Å². The molecule has 0 aromatic carbocycles. The first-order chi connectivity index (χ1) is 7.29. The van der Waals surface area contributed by atoms with Gasteiger partial charge in [0.1, 0.15) is 10.7 Å². The van der Waals surface area contributed by atoms with Crippen molar-refractivity contribution in [2.75, 3.05) is 6.54 Å². The Kier molecular flexibility index (Phi) is 3.13. The van der Waals surface area contributed by atoms with Crippen molar-refractivity contribution in [3.8, 4) is 11.5 Å². The van der Waals surface area contributed by atoms with Gasteiger partial charge < -0.3 is 9.84 Å². The van der Waals surface area contributed by atoms with E-state index in [2.05, 4.69) is 22.4 Å². The minimum absolute atomic E-state index is 0.742. The largest absolute Gasteiger partial charge is 0.354 e. The highest BCUT2D eigenvalue weighted by Crippen LogP contribution is 2.22. The van der Waals surface area contributed by atoms with Crippen molar-refractivity contribution >= 4 is 11.3 Å². The quantitative estimate of drug-likeness (QED) is 0.863. The van der Waals surface area contributed by atoms with Crippen molar-refractivity contribution in [3.63, 3.8) is 0 Å². The highest BCUT2D eigenvalue weighted by atomic mass is 32.1. The lowest BCUT2D eigenvalue weighted by molar-refractivity contribution is 0.426. The summed E-state index contributed by atoms with van der Waals surface area (Å²) in [5.74, 6) is 0.742. The van der Waals surface area contributed by atoms with E-state index < -0.39 is 0 Å². The summed E-state index contributed by atoms with van der Waals surface area (Å²) in [6.45, 7) is 5.75. The lowest BCUT2D eigenvalue weighted by Gasteiger charge is -1.94. The van der Waals surface area contributed by atoms with Gasteiger partial charge in [0, 0.05) is 18.0 Å². The number of thiazole rings is 1. The highest BCUT2D eigenvalue weighted by Gasteiger charge is 2.08. The minimum Gasteiger partial charge on any atom is -0.354 e. The summed E-state index contributed by atoms with van der Waals surface area (Å²) in [6.07, 6.45) is 0. The summed E-state index contributed by atoms with van der Waals surface area (Å²) < 4.78 is 5.14. The zero-order valence-electron chi connectivity index (χ0n) is 8.78. The van der Waals surface area contributed by atoms with Gasteiger partial charge in [-0.2, -0.15) is 0 Å². The fourth-order valence-corrected chi connectivity index (χ4v) is 1.97. The predicted octanol–water partition coefficient (Wildman–Crippen LogP) is 2.22. The van der Waals surface area contributed by atoms with Crippen molar-refractivity contribution in [2.45, 2.75) is 20.4 Å². The van der Waals surface area contributed by atoms with Crippen LogP contribution in [0.3, 0.4) is 0 Å². The second-order valence-corrected chi connectivity index (χ2v) is 4.18. The molecule has 80 valence electrons. The minimum atomic E-state index is 0.742.